The molecular weight excluding hydrogens is 504 g/mol. The fraction of sp³-hybridized carbons (Fsp3) is 0.333. The van der Waals surface area contributed by atoms with E-state index >= 15 is 0 Å². The van der Waals surface area contributed by atoms with Gasteiger partial charge < -0.3 is 19.3 Å². The molecule has 5 rings (SSSR count). The third-order valence-electron chi connectivity index (χ3n) is 6.13. The van der Waals surface area contributed by atoms with Gasteiger partial charge in [-0.15, -0.1) is 11.3 Å². The van der Waals surface area contributed by atoms with E-state index in [9.17, 15) is 9.59 Å². The molecule has 0 spiro atoms. The van der Waals surface area contributed by atoms with Gasteiger partial charge >= 0.3 is 5.97 Å². The number of morpholine rings is 1. The normalized spacial score (nSPS) is 13.5. The number of carbonyl (C=O) groups excluding carboxylic acids is 2. The number of hydrogen-bond donors (Lipinski definition) is 0. The fourth-order valence-electron chi connectivity index (χ4n) is 4.18. The first-order chi connectivity index (χ1) is 18.4. The van der Waals surface area contributed by atoms with Gasteiger partial charge in [0, 0.05) is 48.5 Å². The van der Waals surface area contributed by atoms with Gasteiger partial charge in [-0.3, -0.25) is 4.79 Å². The molecule has 196 valence electrons. The lowest BCUT2D eigenvalue weighted by Gasteiger charge is -2.28. The quantitative estimate of drug-likeness (QED) is 0.244. The minimum atomic E-state index is -0.440. The van der Waals surface area contributed by atoms with Gasteiger partial charge in [-0.1, -0.05) is 18.2 Å². The molecule has 1 aliphatic rings. The molecule has 1 fully saturated rings. The first kappa shape index (κ1) is 25.7. The molecule has 0 bridgehead atoms. The highest BCUT2D eigenvalue weighted by Crippen LogP contribution is 2.35. The maximum atomic E-state index is 12.0. The lowest BCUT2D eigenvalue weighted by atomic mass is 10.1. The van der Waals surface area contributed by atoms with Gasteiger partial charge in [-0.2, -0.15) is 0 Å². The molecule has 0 radical (unpaired) electrons. The smallest absolute Gasteiger partial charge is 0.341 e. The van der Waals surface area contributed by atoms with Gasteiger partial charge in [-0.25, -0.2) is 24.7 Å². The van der Waals surface area contributed by atoms with Crippen molar-refractivity contribution in [1.82, 2.24) is 19.9 Å². The van der Waals surface area contributed by atoms with E-state index in [1.807, 2.05) is 30.1 Å². The molecule has 0 aliphatic carbocycles. The SMILES string of the molecule is CCOC(=O)c1cnc(N(C)Cc2cc3nc(-c4cccc(C(C)=O)c4)nc(N4CCOCC4)c3s2)nc1. The van der Waals surface area contributed by atoms with Gasteiger partial charge in [-0.05, 0) is 26.0 Å². The van der Waals surface area contributed by atoms with Crippen LogP contribution in [0.1, 0.15) is 39.4 Å². The number of ketones is 1. The zero-order chi connectivity index (χ0) is 26.6. The second-order valence-electron chi connectivity index (χ2n) is 8.88. The van der Waals surface area contributed by atoms with Crippen molar-refractivity contribution in [3.63, 3.8) is 0 Å². The standard InChI is InChI=1S/C27H28N6O4S/c1-4-37-26(35)20-14-28-27(29-15-20)32(3)16-21-13-22-23(38-21)25(33-8-10-36-11-9-33)31-24(30-22)19-7-5-6-18(12-19)17(2)34/h5-7,12-15H,4,8-11,16H2,1-3H3. The largest absolute Gasteiger partial charge is 0.462 e. The van der Waals surface area contributed by atoms with Crippen molar-refractivity contribution in [3.8, 4) is 11.4 Å². The van der Waals surface area contributed by atoms with Crippen LogP contribution < -0.4 is 9.80 Å². The molecular formula is C27H28N6O4S. The third-order valence-corrected chi connectivity index (χ3v) is 7.23. The molecule has 0 saturated carbocycles. The van der Waals surface area contributed by atoms with E-state index in [0.29, 0.717) is 49.3 Å². The summed E-state index contributed by atoms with van der Waals surface area (Å²) >= 11 is 1.63. The Labute approximate surface area is 224 Å². The molecule has 1 aromatic carbocycles. The molecule has 0 atom stereocenters. The number of ether oxygens (including phenoxy) is 2. The highest BCUT2D eigenvalue weighted by atomic mass is 32.1. The molecule has 4 heterocycles. The van der Waals surface area contributed by atoms with Crippen molar-refractivity contribution in [2.75, 3.05) is 49.8 Å². The zero-order valence-electron chi connectivity index (χ0n) is 21.5. The third kappa shape index (κ3) is 5.48. The van der Waals surface area contributed by atoms with E-state index in [4.69, 9.17) is 19.4 Å². The van der Waals surface area contributed by atoms with Crippen molar-refractivity contribution in [3.05, 3.63) is 58.7 Å². The second kappa shape index (κ2) is 11.2. The molecule has 3 aromatic heterocycles. The number of rotatable bonds is 8. The molecule has 38 heavy (non-hydrogen) atoms. The van der Waals surface area contributed by atoms with Gasteiger partial charge in [0.25, 0.3) is 0 Å². The summed E-state index contributed by atoms with van der Waals surface area (Å²) in [5.41, 5.74) is 2.59. The van der Waals surface area contributed by atoms with Crippen LogP contribution in [0.5, 0.6) is 0 Å². The van der Waals surface area contributed by atoms with E-state index in [-0.39, 0.29) is 5.78 Å². The Balaban J connectivity index is 1.47. The van der Waals surface area contributed by atoms with E-state index in [1.54, 1.807) is 31.3 Å². The molecule has 11 heteroatoms. The van der Waals surface area contributed by atoms with Crippen LogP contribution in [0, 0.1) is 0 Å². The summed E-state index contributed by atoms with van der Waals surface area (Å²) < 4.78 is 11.6. The number of esters is 1. The fourth-order valence-corrected chi connectivity index (χ4v) is 5.35. The summed E-state index contributed by atoms with van der Waals surface area (Å²) in [6, 6.07) is 9.48. The molecule has 4 aromatic rings. The van der Waals surface area contributed by atoms with Crippen LogP contribution in [0.3, 0.4) is 0 Å². The number of thiophene rings is 1. The van der Waals surface area contributed by atoms with Gasteiger partial charge in [0.1, 0.15) is 0 Å². The first-order valence-electron chi connectivity index (χ1n) is 12.4. The van der Waals surface area contributed by atoms with Crippen LogP contribution in [-0.2, 0) is 16.0 Å². The van der Waals surface area contributed by atoms with E-state index in [1.165, 1.54) is 12.4 Å². The van der Waals surface area contributed by atoms with Crippen LogP contribution in [0.15, 0.2) is 42.7 Å². The minimum absolute atomic E-state index is 0.000283. The summed E-state index contributed by atoms with van der Waals surface area (Å²) in [6.45, 7) is 6.93. The Morgan fingerprint density at radius 3 is 2.58 bits per heavy atom. The molecule has 10 nitrogen and oxygen atoms in total. The molecule has 1 aliphatic heterocycles. The number of fused-ring (bicyclic) bond motifs is 1. The predicted octanol–water partition coefficient (Wildman–Crippen LogP) is 4.00. The molecule has 0 amide bonds. The van der Waals surface area contributed by atoms with Crippen LogP contribution in [-0.4, -0.2) is 71.6 Å². The number of aromatic nitrogens is 4. The van der Waals surface area contributed by atoms with Gasteiger partial charge in [0.2, 0.25) is 5.95 Å². The van der Waals surface area contributed by atoms with Crippen molar-refractivity contribution >= 4 is 45.1 Å². The number of benzene rings is 1. The summed E-state index contributed by atoms with van der Waals surface area (Å²) in [4.78, 5) is 47.6. The summed E-state index contributed by atoms with van der Waals surface area (Å²) in [5, 5.41) is 0. The van der Waals surface area contributed by atoms with Crippen molar-refractivity contribution in [1.29, 1.82) is 0 Å². The lowest BCUT2D eigenvalue weighted by Crippen LogP contribution is -2.36. The maximum Gasteiger partial charge on any atom is 0.341 e. The monoisotopic (exact) mass is 532 g/mol. The number of carbonyl (C=O) groups is 2. The van der Waals surface area contributed by atoms with Crippen LogP contribution in [0.2, 0.25) is 0 Å². The summed E-state index contributed by atoms with van der Waals surface area (Å²) in [7, 11) is 1.90. The number of nitrogens with zero attached hydrogens (tertiary/aromatic N) is 6. The molecule has 1 saturated heterocycles. The molecule has 0 N–H and O–H groups in total. The maximum absolute atomic E-state index is 12.0. The first-order valence-corrected chi connectivity index (χ1v) is 13.2. The van der Waals surface area contributed by atoms with Crippen LogP contribution in [0.25, 0.3) is 21.6 Å². The van der Waals surface area contributed by atoms with E-state index in [0.717, 1.165) is 39.6 Å². The Kier molecular flexibility index (Phi) is 7.57. The van der Waals surface area contributed by atoms with E-state index < -0.39 is 5.97 Å². The predicted molar refractivity (Wildman–Crippen MR) is 146 cm³/mol. The van der Waals surface area contributed by atoms with Crippen LogP contribution >= 0.6 is 11.3 Å². The lowest BCUT2D eigenvalue weighted by molar-refractivity contribution is 0.0525. The Hall–Kier alpha value is -3.96. The van der Waals surface area contributed by atoms with Crippen molar-refractivity contribution in [2.45, 2.75) is 20.4 Å². The van der Waals surface area contributed by atoms with Crippen molar-refractivity contribution in [2.24, 2.45) is 0 Å². The number of hydrogen-bond acceptors (Lipinski definition) is 11. The van der Waals surface area contributed by atoms with E-state index in [2.05, 4.69) is 20.9 Å². The minimum Gasteiger partial charge on any atom is -0.462 e. The number of anilines is 2. The topological polar surface area (TPSA) is 111 Å². The Morgan fingerprint density at radius 2 is 1.87 bits per heavy atom. The van der Waals surface area contributed by atoms with Gasteiger partial charge in [0.15, 0.2) is 17.4 Å². The summed E-state index contributed by atoms with van der Waals surface area (Å²) in [6.07, 6.45) is 2.95. The second-order valence-corrected chi connectivity index (χ2v) is 10.0. The Morgan fingerprint density at radius 1 is 1.11 bits per heavy atom. The average molecular weight is 533 g/mol. The van der Waals surface area contributed by atoms with Crippen LogP contribution in [0.4, 0.5) is 11.8 Å². The zero-order valence-corrected chi connectivity index (χ0v) is 22.3. The highest BCUT2D eigenvalue weighted by molar-refractivity contribution is 7.19. The van der Waals surface area contributed by atoms with Crippen molar-refractivity contribution < 1.29 is 19.1 Å². The number of Topliss-reactive ketones (excluding diaryl/α,β-unsaturated/α-hetero) is 1. The summed E-state index contributed by atoms with van der Waals surface area (Å²) in [5.74, 6) is 1.51. The molecule has 0 unspecified atom stereocenters. The highest BCUT2D eigenvalue weighted by Gasteiger charge is 2.21. The van der Waals surface area contributed by atoms with Gasteiger partial charge in [0.05, 0.1) is 42.1 Å². The average Bonchev–Trinajstić information content (AvgIpc) is 3.35. The Bertz CT molecular complexity index is 1470.